The van der Waals surface area contributed by atoms with Crippen molar-refractivity contribution in [1.29, 1.82) is 0 Å². The van der Waals surface area contributed by atoms with E-state index in [9.17, 15) is 4.79 Å². The zero-order chi connectivity index (χ0) is 20.1. The first-order chi connectivity index (χ1) is 13.0. The summed E-state index contributed by atoms with van der Waals surface area (Å²) in [6.45, 7) is 10.2. The second kappa shape index (κ2) is 16.2. The van der Waals surface area contributed by atoms with Gasteiger partial charge in [0.1, 0.15) is 6.54 Å². The Morgan fingerprint density at radius 1 is 1.21 bits per heavy atom. The Bertz CT molecular complexity index is 441. The van der Waals surface area contributed by atoms with Crippen molar-refractivity contribution in [2.24, 2.45) is 10.9 Å². The summed E-state index contributed by atoms with van der Waals surface area (Å²) in [4.78, 5) is 20.4. The van der Waals surface area contributed by atoms with Crippen LogP contribution in [0.3, 0.4) is 0 Å². The van der Waals surface area contributed by atoms with Gasteiger partial charge in [0, 0.05) is 53.4 Å². The number of hydrogen-bond acceptors (Lipinski definition) is 5. The Morgan fingerprint density at radius 2 is 1.86 bits per heavy atom. The quantitative estimate of drug-likeness (QED) is 0.186. The highest BCUT2D eigenvalue weighted by molar-refractivity contribution is 14.0. The molecule has 9 heteroatoms. The molecule has 0 aliphatic carbocycles. The number of carbonyl (C=O) groups excluding carboxylic acids is 1. The van der Waals surface area contributed by atoms with Gasteiger partial charge in [0.15, 0.2) is 5.96 Å². The number of nitrogens with one attached hydrogen (secondary N) is 2. The Balaban J connectivity index is 0.00000729. The SMILES string of the molecule is CCC(CC)C(CNC(=NCC(=O)N(C)C)NCCOC)N1CCOCC1.I. The van der Waals surface area contributed by atoms with Gasteiger partial charge in [-0.3, -0.25) is 9.69 Å². The molecule has 0 saturated carbocycles. The number of rotatable bonds is 11. The summed E-state index contributed by atoms with van der Waals surface area (Å²) in [5.41, 5.74) is 0. The van der Waals surface area contributed by atoms with Crippen LogP contribution >= 0.6 is 24.0 Å². The molecular formula is C19H40IN5O3. The fraction of sp³-hybridized carbons (Fsp3) is 0.895. The van der Waals surface area contributed by atoms with E-state index in [1.54, 1.807) is 26.1 Å². The number of nitrogens with zero attached hydrogens (tertiary/aromatic N) is 3. The minimum atomic E-state index is -0.0208. The van der Waals surface area contributed by atoms with Crippen LogP contribution in [0.25, 0.3) is 0 Å². The van der Waals surface area contributed by atoms with Crippen molar-refractivity contribution in [2.75, 3.05) is 73.7 Å². The molecule has 1 fully saturated rings. The lowest BCUT2D eigenvalue weighted by atomic mass is 9.92. The smallest absolute Gasteiger partial charge is 0.243 e. The van der Waals surface area contributed by atoms with E-state index in [4.69, 9.17) is 9.47 Å². The van der Waals surface area contributed by atoms with Crippen molar-refractivity contribution in [1.82, 2.24) is 20.4 Å². The van der Waals surface area contributed by atoms with Crippen LogP contribution in [-0.4, -0.2) is 101 Å². The normalized spacial score (nSPS) is 16.4. The van der Waals surface area contributed by atoms with Crippen LogP contribution in [0.15, 0.2) is 4.99 Å². The molecule has 1 unspecified atom stereocenters. The zero-order valence-electron chi connectivity index (χ0n) is 18.2. The molecule has 1 amide bonds. The number of ether oxygens (including phenoxy) is 2. The Morgan fingerprint density at radius 3 is 2.39 bits per heavy atom. The van der Waals surface area contributed by atoms with Crippen LogP contribution in [0.1, 0.15) is 26.7 Å². The molecule has 8 nitrogen and oxygen atoms in total. The van der Waals surface area contributed by atoms with Crippen molar-refractivity contribution >= 4 is 35.8 Å². The van der Waals surface area contributed by atoms with Crippen molar-refractivity contribution in [3.63, 3.8) is 0 Å². The third-order valence-corrected chi connectivity index (χ3v) is 5.06. The first-order valence-electron chi connectivity index (χ1n) is 10.1. The Labute approximate surface area is 187 Å². The lowest BCUT2D eigenvalue weighted by Gasteiger charge is -2.39. The van der Waals surface area contributed by atoms with E-state index in [1.807, 2.05) is 0 Å². The van der Waals surface area contributed by atoms with E-state index in [0.29, 0.717) is 31.1 Å². The Hall–Kier alpha value is -0.650. The van der Waals surface area contributed by atoms with Crippen LogP contribution in [0.2, 0.25) is 0 Å². The molecule has 0 aromatic rings. The summed E-state index contributed by atoms with van der Waals surface area (Å²) >= 11 is 0. The molecule has 1 heterocycles. The number of likely N-dealkylation sites (N-methyl/N-ethyl adjacent to an activating group) is 1. The minimum absolute atomic E-state index is 0. The number of methoxy groups -OCH3 is 1. The molecule has 1 saturated heterocycles. The summed E-state index contributed by atoms with van der Waals surface area (Å²) < 4.78 is 10.6. The summed E-state index contributed by atoms with van der Waals surface area (Å²) in [5.74, 6) is 1.25. The van der Waals surface area contributed by atoms with Gasteiger partial charge in [-0.05, 0) is 5.92 Å². The second-order valence-corrected chi connectivity index (χ2v) is 7.05. The van der Waals surface area contributed by atoms with E-state index in [-0.39, 0.29) is 36.4 Å². The lowest BCUT2D eigenvalue weighted by Crippen LogP contribution is -2.53. The monoisotopic (exact) mass is 513 g/mol. The van der Waals surface area contributed by atoms with Gasteiger partial charge in [0.2, 0.25) is 5.91 Å². The summed E-state index contributed by atoms with van der Waals surface area (Å²) in [5, 5.41) is 6.70. The van der Waals surface area contributed by atoms with E-state index >= 15 is 0 Å². The highest BCUT2D eigenvalue weighted by Crippen LogP contribution is 2.19. The lowest BCUT2D eigenvalue weighted by molar-refractivity contribution is -0.127. The summed E-state index contributed by atoms with van der Waals surface area (Å²) in [6.07, 6.45) is 2.28. The highest BCUT2D eigenvalue weighted by atomic mass is 127. The van der Waals surface area contributed by atoms with Gasteiger partial charge in [-0.1, -0.05) is 26.7 Å². The first-order valence-corrected chi connectivity index (χ1v) is 10.1. The number of halogens is 1. The molecule has 1 rings (SSSR count). The molecule has 1 atom stereocenters. The molecular weight excluding hydrogens is 473 g/mol. The number of guanidine groups is 1. The highest BCUT2D eigenvalue weighted by Gasteiger charge is 2.27. The molecule has 0 aromatic heterocycles. The van der Waals surface area contributed by atoms with Gasteiger partial charge >= 0.3 is 0 Å². The number of amides is 1. The molecule has 2 N–H and O–H groups in total. The van der Waals surface area contributed by atoms with Gasteiger partial charge < -0.3 is 25.0 Å². The van der Waals surface area contributed by atoms with Crippen LogP contribution in [0.5, 0.6) is 0 Å². The van der Waals surface area contributed by atoms with Gasteiger partial charge in [-0.15, -0.1) is 24.0 Å². The molecule has 0 spiro atoms. The maximum Gasteiger partial charge on any atom is 0.243 e. The predicted octanol–water partition coefficient (Wildman–Crippen LogP) is 1.01. The number of aliphatic imine (C=N–C) groups is 1. The van der Waals surface area contributed by atoms with Crippen molar-refractivity contribution in [3.8, 4) is 0 Å². The van der Waals surface area contributed by atoms with Crippen LogP contribution in [-0.2, 0) is 14.3 Å². The molecule has 1 aliphatic rings. The third kappa shape index (κ3) is 10.2. The van der Waals surface area contributed by atoms with E-state index in [1.165, 1.54) is 0 Å². The number of morpholine rings is 1. The van der Waals surface area contributed by atoms with Crippen molar-refractivity contribution in [2.45, 2.75) is 32.7 Å². The summed E-state index contributed by atoms with van der Waals surface area (Å²) in [7, 11) is 5.15. The van der Waals surface area contributed by atoms with Gasteiger partial charge in [0.05, 0.1) is 19.8 Å². The van der Waals surface area contributed by atoms with E-state index in [0.717, 1.165) is 45.7 Å². The largest absolute Gasteiger partial charge is 0.383 e. The van der Waals surface area contributed by atoms with Crippen LogP contribution in [0.4, 0.5) is 0 Å². The van der Waals surface area contributed by atoms with Crippen molar-refractivity contribution < 1.29 is 14.3 Å². The van der Waals surface area contributed by atoms with Gasteiger partial charge in [-0.25, -0.2) is 4.99 Å². The predicted molar refractivity (Wildman–Crippen MR) is 125 cm³/mol. The molecule has 1 aliphatic heterocycles. The van der Waals surface area contributed by atoms with Crippen molar-refractivity contribution in [3.05, 3.63) is 0 Å². The topological polar surface area (TPSA) is 78.4 Å². The van der Waals surface area contributed by atoms with E-state index in [2.05, 4.69) is 34.4 Å². The summed E-state index contributed by atoms with van der Waals surface area (Å²) in [6, 6.07) is 0.419. The fourth-order valence-electron chi connectivity index (χ4n) is 3.27. The number of hydrogen-bond donors (Lipinski definition) is 2. The first kappa shape index (κ1) is 27.4. The molecule has 0 radical (unpaired) electrons. The average Bonchev–Trinajstić information content (AvgIpc) is 2.69. The molecule has 0 aromatic carbocycles. The maximum absolute atomic E-state index is 11.9. The van der Waals surface area contributed by atoms with Crippen LogP contribution < -0.4 is 10.6 Å². The second-order valence-electron chi connectivity index (χ2n) is 7.05. The van der Waals surface area contributed by atoms with E-state index < -0.39 is 0 Å². The molecule has 28 heavy (non-hydrogen) atoms. The van der Waals surface area contributed by atoms with Gasteiger partial charge in [-0.2, -0.15) is 0 Å². The number of carbonyl (C=O) groups is 1. The maximum atomic E-state index is 11.9. The third-order valence-electron chi connectivity index (χ3n) is 5.06. The molecule has 0 bridgehead atoms. The molecule has 166 valence electrons. The Kier molecular flexibility index (Phi) is 15.8. The average molecular weight is 513 g/mol. The van der Waals surface area contributed by atoms with Gasteiger partial charge in [0.25, 0.3) is 0 Å². The standard InChI is InChI=1S/C19H39N5O3.HI/c1-6-16(7-2)17(24-9-12-27-13-10-24)14-21-19(20-8-11-26-5)22-15-18(25)23(3)4;/h16-17H,6-15H2,1-5H3,(H2,20,21,22);1H. The fourth-order valence-corrected chi connectivity index (χ4v) is 3.27. The minimum Gasteiger partial charge on any atom is -0.383 e. The van der Waals surface area contributed by atoms with Crippen LogP contribution in [0, 0.1) is 5.92 Å². The zero-order valence-corrected chi connectivity index (χ0v) is 20.5.